The molecule has 7 rings (SSSR count). The van der Waals surface area contributed by atoms with Crippen molar-refractivity contribution in [2.45, 2.75) is 56.2 Å². The van der Waals surface area contributed by atoms with E-state index < -0.39 is 17.0 Å². The number of carbonyl (C=O) groups excluding carboxylic acids is 2. The number of aliphatic hydroxyl groups is 1. The van der Waals surface area contributed by atoms with E-state index >= 15 is 4.39 Å². The van der Waals surface area contributed by atoms with Gasteiger partial charge in [-0.1, -0.05) is 24.3 Å². The van der Waals surface area contributed by atoms with Crippen LogP contribution < -0.4 is 0 Å². The number of amidine groups is 1. The molecule has 3 fully saturated rings. The fraction of sp³-hybridized carbons (Fsp3) is 0.387. The molecule has 3 aromatic carbocycles. The lowest BCUT2D eigenvalue weighted by Crippen LogP contribution is -2.47. The fourth-order valence-corrected chi connectivity index (χ4v) is 6.11. The molecule has 3 aromatic rings. The third-order valence-electron chi connectivity index (χ3n) is 8.96. The van der Waals surface area contributed by atoms with E-state index in [2.05, 4.69) is 0 Å². The second kappa shape index (κ2) is 8.42. The second-order valence-corrected chi connectivity index (χ2v) is 11.6. The number of nitrogens with zero attached hydrogens (tertiary/aromatic N) is 3. The molecule has 4 aliphatic rings. The molecular weight excluding hydrogens is 500 g/mol. The standard InChI is InChI=1S/C31H29F2N3O3/c1-18(23-8-13-35(17-23)29(38)31(39)11-12-31)36-27(34-30(9-10-30)28(36)37)25-7-5-22(16-26(25)33)19-2-3-21-15-24(32)6-4-20(21)14-19/h2-7,14-16,18,23,39H,8-13,17H2,1H3/t18-,23+/m0/s1. The van der Waals surface area contributed by atoms with E-state index in [0.717, 1.165) is 16.3 Å². The maximum absolute atomic E-state index is 15.7. The molecule has 1 N–H and O–H groups in total. The maximum Gasteiger partial charge on any atom is 0.256 e. The fourth-order valence-electron chi connectivity index (χ4n) is 6.11. The molecular formula is C31H29F2N3O3. The van der Waals surface area contributed by atoms with Crippen molar-refractivity contribution in [3.8, 4) is 11.1 Å². The highest BCUT2D eigenvalue weighted by molar-refractivity contribution is 6.16. The third-order valence-corrected chi connectivity index (χ3v) is 8.96. The van der Waals surface area contributed by atoms with Crippen LogP contribution in [0.3, 0.4) is 0 Å². The first-order chi connectivity index (χ1) is 18.7. The SMILES string of the molecule is C[C@@H]([C@@H]1CCN(C(=O)C2(O)CC2)C1)N1C(=O)C2(CC2)N=C1c1ccc(-c2ccc3cc(F)ccc3c2)cc1F. The number of amides is 2. The predicted octanol–water partition coefficient (Wildman–Crippen LogP) is 4.67. The first kappa shape index (κ1) is 24.4. The minimum absolute atomic E-state index is 0.00382. The molecule has 0 bridgehead atoms. The van der Waals surface area contributed by atoms with E-state index in [-0.39, 0.29) is 35.2 Å². The van der Waals surface area contributed by atoms with Crippen LogP contribution in [0.15, 0.2) is 59.6 Å². The summed E-state index contributed by atoms with van der Waals surface area (Å²) in [5, 5.41) is 11.9. The highest BCUT2D eigenvalue weighted by atomic mass is 19.1. The van der Waals surface area contributed by atoms with Crippen molar-refractivity contribution < 1.29 is 23.5 Å². The zero-order valence-electron chi connectivity index (χ0n) is 21.7. The van der Waals surface area contributed by atoms with Crippen LogP contribution in [0.2, 0.25) is 0 Å². The van der Waals surface area contributed by atoms with Crippen LogP contribution in [-0.4, -0.2) is 62.8 Å². The number of halogens is 2. The lowest BCUT2D eigenvalue weighted by Gasteiger charge is -2.31. The smallest absolute Gasteiger partial charge is 0.256 e. The lowest BCUT2D eigenvalue weighted by atomic mass is 9.96. The summed E-state index contributed by atoms with van der Waals surface area (Å²) in [6.07, 6.45) is 3.01. The van der Waals surface area contributed by atoms with Crippen LogP contribution in [0.1, 0.15) is 44.6 Å². The van der Waals surface area contributed by atoms with Crippen LogP contribution in [0.4, 0.5) is 8.78 Å². The van der Waals surface area contributed by atoms with Gasteiger partial charge in [0.25, 0.3) is 11.8 Å². The Morgan fingerprint density at radius 1 is 1.00 bits per heavy atom. The molecule has 1 saturated heterocycles. The van der Waals surface area contributed by atoms with Gasteiger partial charge in [0, 0.05) is 19.1 Å². The van der Waals surface area contributed by atoms with Crippen LogP contribution >= 0.6 is 0 Å². The van der Waals surface area contributed by atoms with E-state index in [1.54, 1.807) is 21.9 Å². The third kappa shape index (κ3) is 3.95. The highest BCUT2D eigenvalue weighted by Gasteiger charge is 2.59. The molecule has 0 unspecified atom stereocenters. The van der Waals surface area contributed by atoms with Gasteiger partial charge < -0.3 is 10.0 Å². The Balaban J connectivity index is 1.17. The molecule has 2 amide bonds. The van der Waals surface area contributed by atoms with Crippen molar-refractivity contribution in [3.63, 3.8) is 0 Å². The van der Waals surface area contributed by atoms with Gasteiger partial charge in [-0.05, 0) is 97.2 Å². The molecule has 0 radical (unpaired) electrons. The molecule has 2 saturated carbocycles. The molecule has 1 spiro atoms. The normalized spacial score (nSPS) is 23.4. The first-order valence-corrected chi connectivity index (χ1v) is 13.6. The molecule has 39 heavy (non-hydrogen) atoms. The number of rotatable bonds is 5. The Hall–Kier alpha value is -3.65. The van der Waals surface area contributed by atoms with Gasteiger partial charge in [0.1, 0.15) is 28.6 Å². The molecule has 6 nitrogen and oxygen atoms in total. The summed E-state index contributed by atoms with van der Waals surface area (Å²) in [5.41, 5.74) is -0.237. The number of carbonyl (C=O) groups is 2. The molecule has 2 aliphatic carbocycles. The number of hydrogen-bond donors (Lipinski definition) is 1. The van der Waals surface area contributed by atoms with Crippen LogP contribution in [0.5, 0.6) is 0 Å². The van der Waals surface area contributed by atoms with Crippen molar-refractivity contribution in [2.24, 2.45) is 10.9 Å². The van der Waals surface area contributed by atoms with Gasteiger partial charge in [-0.25, -0.2) is 8.78 Å². The summed E-state index contributed by atoms with van der Waals surface area (Å²) in [7, 11) is 0. The van der Waals surface area contributed by atoms with Gasteiger partial charge in [0.2, 0.25) is 0 Å². The van der Waals surface area contributed by atoms with E-state index in [1.807, 2.05) is 31.2 Å². The average molecular weight is 530 g/mol. The monoisotopic (exact) mass is 529 g/mol. The summed E-state index contributed by atoms with van der Waals surface area (Å²) in [4.78, 5) is 34.3. The summed E-state index contributed by atoms with van der Waals surface area (Å²) >= 11 is 0. The van der Waals surface area contributed by atoms with Crippen LogP contribution in [0, 0.1) is 17.6 Å². The number of hydrogen-bond acceptors (Lipinski definition) is 4. The van der Waals surface area contributed by atoms with Gasteiger partial charge in [0.15, 0.2) is 0 Å². The lowest BCUT2D eigenvalue weighted by molar-refractivity contribution is -0.141. The van der Waals surface area contributed by atoms with Crippen LogP contribution in [0.25, 0.3) is 21.9 Å². The zero-order valence-corrected chi connectivity index (χ0v) is 21.7. The Kier molecular flexibility index (Phi) is 5.27. The number of aliphatic imine (C=N–C) groups is 1. The van der Waals surface area contributed by atoms with Crippen molar-refractivity contribution in [1.29, 1.82) is 0 Å². The van der Waals surface area contributed by atoms with Gasteiger partial charge in [-0.2, -0.15) is 0 Å². The maximum atomic E-state index is 15.7. The van der Waals surface area contributed by atoms with Crippen molar-refractivity contribution in [2.75, 3.05) is 13.1 Å². The van der Waals surface area contributed by atoms with E-state index in [4.69, 9.17) is 4.99 Å². The molecule has 8 heteroatoms. The van der Waals surface area contributed by atoms with Crippen molar-refractivity contribution in [3.05, 3.63) is 71.8 Å². The van der Waals surface area contributed by atoms with E-state index in [9.17, 15) is 19.1 Å². The molecule has 2 atom stereocenters. The van der Waals surface area contributed by atoms with Gasteiger partial charge in [-0.3, -0.25) is 19.5 Å². The summed E-state index contributed by atoms with van der Waals surface area (Å²) in [5.74, 6) is -0.731. The average Bonchev–Trinajstić information content (AvgIpc) is 3.80. The summed E-state index contributed by atoms with van der Waals surface area (Å²) in [6, 6.07) is 14.8. The van der Waals surface area contributed by atoms with E-state index in [1.165, 1.54) is 18.2 Å². The van der Waals surface area contributed by atoms with Crippen molar-refractivity contribution in [1.82, 2.24) is 9.80 Å². The van der Waals surface area contributed by atoms with Gasteiger partial charge in [0.05, 0.1) is 5.56 Å². The molecule has 2 aliphatic heterocycles. The molecule has 2 heterocycles. The van der Waals surface area contributed by atoms with Gasteiger partial charge >= 0.3 is 0 Å². The molecule has 0 aromatic heterocycles. The minimum Gasteiger partial charge on any atom is -0.380 e. The Labute approximate surface area is 224 Å². The molecule has 200 valence electrons. The van der Waals surface area contributed by atoms with Crippen LogP contribution in [-0.2, 0) is 9.59 Å². The predicted molar refractivity (Wildman–Crippen MR) is 143 cm³/mol. The second-order valence-electron chi connectivity index (χ2n) is 11.6. The Morgan fingerprint density at radius 3 is 2.41 bits per heavy atom. The first-order valence-electron chi connectivity index (χ1n) is 13.6. The van der Waals surface area contributed by atoms with E-state index in [0.29, 0.717) is 56.6 Å². The minimum atomic E-state index is -1.21. The number of benzene rings is 3. The Morgan fingerprint density at radius 2 is 1.69 bits per heavy atom. The largest absolute Gasteiger partial charge is 0.380 e. The van der Waals surface area contributed by atoms with Crippen molar-refractivity contribution >= 4 is 28.4 Å². The highest BCUT2D eigenvalue weighted by Crippen LogP contribution is 2.48. The summed E-state index contributed by atoms with van der Waals surface area (Å²) < 4.78 is 29.3. The zero-order chi connectivity index (χ0) is 27.1. The Bertz CT molecular complexity index is 1580. The van der Waals surface area contributed by atoms with Gasteiger partial charge in [-0.15, -0.1) is 0 Å². The summed E-state index contributed by atoms with van der Waals surface area (Å²) in [6.45, 7) is 2.94. The quantitative estimate of drug-likeness (QED) is 0.522. The number of fused-ring (bicyclic) bond motifs is 1. The number of likely N-dealkylation sites (tertiary alicyclic amines) is 1. The topological polar surface area (TPSA) is 73.2 Å².